The van der Waals surface area contributed by atoms with Crippen molar-refractivity contribution in [2.45, 2.75) is 30.8 Å². The van der Waals surface area contributed by atoms with Gasteiger partial charge < -0.3 is 18.9 Å². The number of methoxy groups -OCH3 is 4. The zero-order valence-corrected chi connectivity index (χ0v) is 19.8. The minimum Gasteiger partial charge on any atom is -0.452 e. The Hall–Kier alpha value is -4.22. The number of fused-ring (bicyclic) bond motifs is 5. The molecule has 0 saturated heterocycles. The van der Waals surface area contributed by atoms with Crippen molar-refractivity contribution in [1.82, 2.24) is 15.4 Å². The van der Waals surface area contributed by atoms with Gasteiger partial charge in [0.25, 0.3) is 0 Å². The summed E-state index contributed by atoms with van der Waals surface area (Å²) in [5, 5.41) is 4.71. The number of carbonyl (C=O) groups is 4. The van der Waals surface area contributed by atoms with E-state index in [0.29, 0.717) is 35.9 Å². The van der Waals surface area contributed by atoms with Crippen LogP contribution in [0.4, 0.5) is 24.9 Å². The Balaban J connectivity index is 2.11. The fourth-order valence-electron chi connectivity index (χ4n) is 5.17. The number of hydrogen-bond donors (Lipinski definition) is 1. The number of ether oxygens (including phenoxy) is 4. The fourth-order valence-corrected chi connectivity index (χ4v) is 5.17. The van der Waals surface area contributed by atoms with E-state index in [4.69, 9.17) is 18.9 Å². The zero-order chi connectivity index (χ0) is 25.3. The molecule has 186 valence electrons. The van der Waals surface area contributed by atoms with Gasteiger partial charge in [-0.3, -0.25) is 0 Å². The van der Waals surface area contributed by atoms with Gasteiger partial charge in [-0.2, -0.15) is 5.01 Å². The van der Waals surface area contributed by atoms with Crippen molar-refractivity contribution in [3.05, 3.63) is 42.0 Å². The number of hydrogen-bond acceptors (Lipinski definition) is 8. The summed E-state index contributed by atoms with van der Waals surface area (Å²) in [5.41, 5.74) is 1.98. The first-order valence-corrected chi connectivity index (χ1v) is 10.9. The Morgan fingerprint density at radius 1 is 0.943 bits per heavy atom. The van der Waals surface area contributed by atoms with Crippen LogP contribution in [0, 0.1) is 0 Å². The van der Waals surface area contributed by atoms with Gasteiger partial charge in [0.2, 0.25) is 0 Å². The van der Waals surface area contributed by atoms with Crippen molar-refractivity contribution in [2.24, 2.45) is 0 Å². The molecule has 4 rings (SSSR count). The van der Waals surface area contributed by atoms with E-state index < -0.39 is 36.0 Å². The second kappa shape index (κ2) is 9.20. The maximum Gasteiger partial charge on any atom is 0.433 e. The monoisotopic (exact) mass is 486 g/mol. The largest absolute Gasteiger partial charge is 0.452 e. The van der Waals surface area contributed by atoms with Gasteiger partial charge in [-0.1, -0.05) is 36.4 Å². The Morgan fingerprint density at radius 3 is 2.31 bits per heavy atom. The van der Waals surface area contributed by atoms with E-state index >= 15 is 0 Å². The average molecular weight is 486 g/mol. The molecule has 4 amide bonds. The number of amides is 4. The van der Waals surface area contributed by atoms with Gasteiger partial charge in [0.1, 0.15) is 5.54 Å². The van der Waals surface area contributed by atoms with E-state index in [0.717, 1.165) is 27.5 Å². The Morgan fingerprint density at radius 2 is 1.66 bits per heavy atom. The Labute approximate surface area is 201 Å². The molecule has 2 aromatic carbocycles. The van der Waals surface area contributed by atoms with Gasteiger partial charge in [-0.25, -0.2) is 34.6 Å². The molecule has 0 unspecified atom stereocenters. The predicted octanol–water partition coefficient (Wildman–Crippen LogP) is 3.50. The first-order valence-electron chi connectivity index (χ1n) is 10.9. The van der Waals surface area contributed by atoms with E-state index in [1.807, 2.05) is 18.2 Å². The number of carbonyl (C=O) groups excluding carboxylic acids is 4. The lowest BCUT2D eigenvalue weighted by Crippen LogP contribution is -2.71. The molecule has 0 spiro atoms. The summed E-state index contributed by atoms with van der Waals surface area (Å²) < 4.78 is 19.9. The Kier molecular flexibility index (Phi) is 6.29. The maximum absolute atomic E-state index is 13.2. The van der Waals surface area contributed by atoms with Gasteiger partial charge in [0.05, 0.1) is 40.2 Å². The lowest BCUT2D eigenvalue weighted by molar-refractivity contribution is -0.0244. The van der Waals surface area contributed by atoms with Crippen molar-refractivity contribution in [3.8, 4) is 0 Å². The fraction of sp³-hybridized carbons (Fsp3) is 0.391. The van der Waals surface area contributed by atoms with Crippen molar-refractivity contribution in [1.29, 1.82) is 0 Å². The van der Waals surface area contributed by atoms with Crippen molar-refractivity contribution in [3.63, 3.8) is 0 Å². The highest BCUT2D eigenvalue weighted by molar-refractivity contribution is 6.05. The highest BCUT2D eigenvalue weighted by Crippen LogP contribution is 2.55. The van der Waals surface area contributed by atoms with Crippen LogP contribution in [0.1, 0.15) is 24.8 Å². The number of rotatable bonds is 1. The minimum absolute atomic E-state index is 0.319. The maximum atomic E-state index is 13.2. The van der Waals surface area contributed by atoms with Crippen LogP contribution in [0.2, 0.25) is 0 Å². The molecule has 0 bridgehead atoms. The van der Waals surface area contributed by atoms with E-state index in [2.05, 4.69) is 5.43 Å². The van der Waals surface area contributed by atoms with Crippen molar-refractivity contribution < 1.29 is 38.1 Å². The molecule has 1 N–H and O–H groups in total. The standard InChI is InChI=1S/C23H26N4O8/c1-32-19(28)24-27(22(31)35-4)23-13-7-10-17(23)25(20(29)33-2)26(21(30)34-3)18-15-9-6-5-8-14(15)11-12-16(18)23/h5-6,8-9,11-12,17H,7,10,13H2,1-4H3,(H,24,28)/t17-,23+/m0/s1. The number of benzene rings is 2. The minimum atomic E-state index is -1.32. The van der Waals surface area contributed by atoms with Gasteiger partial charge >= 0.3 is 24.4 Å². The van der Waals surface area contributed by atoms with E-state index in [1.165, 1.54) is 21.3 Å². The number of anilines is 1. The number of hydrazine groups is 2. The third-order valence-electron chi connectivity index (χ3n) is 6.53. The van der Waals surface area contributed by atoms with Crippen molar-refractivity contribution in [2.75, 3.05) is 33.4 Å². The predicted molar refractivity (Wildman–Crippen MR) is 122 cm³/mol. The molecule has 1 fully saturated rings. The second-order valence-electron chi connectivity index (χ2n) is 8.02. The summed E-state index contributed by atoms with van der Waals surface area (Å²) >= 11 is 0. The molecule has 0 radical (unpaired) electrons. The van der Waals surface area contributed by atoms with Crippen LogP contribution in [-0.4, -0.2) is 68.9 Å². The summed E-state index contributed by atoms with van der Waals surface area (Å²) in [6.07, 6.45) is -2.17. The summed E-state index contributed by atoms with van der Waals surface area (Å²) in [5.74, 6) is 0. The molecule has 2 aromatic rings. The summed E-state index contributed by atoms with van der Waals surface area (Å²) in [7, 11) is 4.74. The highest BCUT2D eigenvalue weighted by Gasteiger charge is 2.62. The first-order chi connectivity index (χ1) is 16.8. The van der Waals surface area contributed by atoms with E-state index in [9.17, 15) is 19.2 Å². The smallest absolute Gasteiger partial charge is 0.433 e. The molecule has 2 atom stereocenters. The van der Waals surface area contributed by atoms with Crippen LogP contribution in [0.3, 0.4) is 0 Å². The topological polar surface area (TPSA) is 127 Å². The summed E-state index contributed by atoms with van der Waals surface area (Å²) in [6.45, 7) is 0. The molecule has 0 aromatic heterocycles. The molecule has 12 heteroatoms. The molecule has 2 aliphatic rings. The van der Waals surface area contributed by atoms with Gasteiger partial charge in [0, 0.05) is 10.9 Å². The second-order valence-corrected chi connectivity index (χ2v) is 8.02. The zero-order valence-electron chi connectivity index (χ0n) is 19.8. The number of nitrogens with one attached hydrogen (secondary N) is 1. The van der Waals surface area contributed by atoms with Crippen LogP contribution in [-0.2, 0) is 24.5 Å². The first kappa shape index (κ1) is 23.9. The summed E-state index contributed by atoms with van der Waals surface area (Å²) in [6, 6.07) is 10.1. The number of nitrogens with zero attached hydrogens (tertiary/aromatic N) is 3. The molecule has 1 heterocycles. The molecule has 1 saturated carbocycles. The van der Waals surface area contributed by atoms with Crippen LogP contribution in [0.25, 0.3) is 10.8 Å². The third kappa shape index (κ3) is 3.52. The quantitative estimate of drug-likeness (QED) is 0.479. The lowest BCUT2D eigenvalue weighted by atomic mass is 9.79. The van der Waals surface area contributed by atoms with Gasteiger partial charge in [-0.15, -0.1) is 0 Å². The molecule has 35 heavy (non-hydrogen) atoms. The molecule has 1 aliphatic carbocycles. The third-order valence-corrected chi connectivity index (χ3v) is 6.53. The van der Waals surface area contributed by atoms with E-state index in [1.54, 1.807) is 18.2 Å². The molecule has 1 aliphatic heterocycles. The Bertz CT molecular complexity index is 1190. The molecular formula is C23H26N4O8. The lowest BCUT2D eigenvalue weighted by Gasteiger charge is -2.53. The van der Waals surface area contributed by atoms with Gasteiger partial charge in [0.15, 0.2) is 0 Å². The van der Waals surface area contributed by atoms with Crippen molar-refractivity contribution >= 4 is 40.8 Å². The van der Waals surface area contributed by atoms with Crippen LogP contribution < -0.4 is 10.4 Å². The SMILES string of the molecule is COC(=O)NN(C(=O)OC)[C@@]12CCC[C@@H]1N(C(=O)OC)N(C(=O)OC)c1c2ccc2ccccc12. The normalized spacial score (nSPS) is 20.4. The van der Waals surface area contributed by atoms with E-state index in [-0.39, 0.29) is 0 Å². The summed E-state index contributed by atoms with van der Waals surface area (Å²) in [4.78, 5) is 51.7. The highest BCUT2D eigenvalue weighted by atomic mass is 16.6. The van der Waals surface area contributed by atoms with Crippen LogP contribution in [0.15, 0.2) is 36.4 Å². The average Bonchev–Trinajstić information content (AvgIpc) is 3.34. The van der Waals surface area contributed by atoms with Gasteiger partial charge in [-0.05, 0) is 24.6 Å². The van der Waals surface area contributed by atoms with Crippen LogP contribution >= 0.6 is 0 Å². The molecule has 12 nitrogen and oxygen atoms in total. The van der Waals surface area contributed by atoms with Crippen LogP contribution in [0.5, 0.6) is 0 Å². The molecular weight excluding hydrogens is 460 g/mol.